The number of aromatic nitrogens is 1. The minimum atomic E-state index is -0.168. The Labute approximate surface area is 159 Å². The third-order valence-electron chi connectivity index (χ3n) is 3.58. The number of pyridine rings is 1. The van der Waals surface area contributed by atoms with Crippen molar-refractivity contribution in [3.8, 4) is 5.75 Å². The lowest BCUT2D eigenvalue weighted by Gasteiger charge is -2.05. The van der Waals surface area contributed by atoms with Crippen LogP contribution in [0, 0.1) is 0 Å². The number of nitrogens with one attached hydrogen (secondary N) is 1. The topological polar surface area (TPSA) is 51.2 Å². The van der Waals surface area contributed by atoms with E-state index in [1.165, 1.54) is 16.9 Å². The number of amides is 1. The molecule has 0 saturated heterocycles. The van der Waals surface area contributed by atoms with Gasteiger partial charge in [-0.3, -0.25) is 4.79 Å². The smallest absolute Gasteiger partial charge is 0.266 e. The lowest BCUT2D eigenvalue weighted by molar-refractivity contribution is 0.103. The van der Waals surface area contributed by atoms with Gasteiger partial charge in [0.25, 0.3) is 5.91 Å². The van der Waals surface area contributed by atoms with E-state index in [0.29, 0.717) is 17.3 Å². The van der Waals surface area contributed by atoms with E-state index in [1.54, 1.807) is 12.3 Å². The normalized spacial score (nSPS) is 10.5. The van der Waals surface area contributed by atoms with E-state index >= 15 is 0 Å². The van der Waals surface area contributed by atoms with Crippen molar-refractivity contribution in [2.75, 3.05) is 5.32 Å². The maximum absolute atomic E-state index is 12.3. The van der Waals surface area contributed by atoms with Crippen LogP contribution in [-0.2, 0) is 13.0 Å². The highest BCUT2D eigenvalue weighted by atomic mass is 79.9. The molecule has 0 spiro atoms. The Balaban J connectivity index is 1.57. The first-order chi connectivity index (χ1) is 12.1. The fourth-order valence-electron chi connectivity index (χ4n) is 2.19. The highest BCUT2D eigenvalue weighted by Gasteiger charge is 2.10. The maximum atomic E-state index is 12.3. The third-order valence-corrected chi connectivity index (χ3v) is 5.03. The number of carbonyl (C=O) groups is 1. The molecule has 2 aromatic heterocycles. The van der Waals surface area contributed by atoms with Crippen LogP contribution in [0.1, 0.15) is 27.7 Å². The molecular formula is C19H17BrN2O2S. The molecule has 1 N–H and O–H groups in total. The molecule has 3 rings (SSSR count). The molecule has 1 amide bonds. The van der Waals surface area contributed by atoms with Crippen LogP contribution in [-0.4, -0.2) is 10.9 Å². The largest absolute Gasteiger partial charge is 0.489 e. The van der Waals surface area contributed by atoms with Crippen LogP contribution in [0.2, 0.25) is 0 Å². The molecule has 6 heteroatoms. The lowest BCUT2D eigenvalue weighted by atomic mass is 10.2. The van der Waals surface area contributed by atoms with Gasteiger partial charge in [0.1, 0.15) is 18.2 Å². The van der Waals surface area contributed by atoms with Crippen molar-refractivity contribution >= 4 is 39.0 Å². The number of benzene rings is 1. The van der Waals surface area contributed by atoms with E-state index in [9.17, 15) is 4.79 Å². The number of aryl methyl sites for hydroxylation is 1. The van der Waals surface area contributed by atoms with E-state index in [2.05, 4.69) is 45.3 Å². The van der Waals surface area contributed by atoms with Crippen LogP contribution in [0.15, 0.2) is 58.5 Å². The monoisotopic (exact) mass is 416 g/mol. The number of anilines is 1. The SMILES string of the molecule is CCc1ccc(OCc2csc(C(=O)Nc3ccc(Br)cn3)c2)cc1. The lowest BCUT2D eigenvalue weighted by Crippen LogP contribution is -2.11. The average molecular weight is 417 g/mol. The summed E-state index contributed by atoms with van der Waals surface area (Å²) in [5.41, 5.74) is 2.25. The molecule has 3 aromatic rings. The highest BCUT2D eigenvalue weighted by molar-refractivity contribution is 9.10. The van der Waals surface area contributed by atoms with E-state index in [4.69, 9.17) is 4.74 Å². The van der Waals surface area contributed by atoms with Gasteiger partial charge in [0.2, 0.25) is 0 Å². The second kappa shape index (κ2) is 8.27. The van der Waals surface area contributed by atoms with Gasteiger partial charge >= 0.3 is 0 Å². The summed E-state index contributed by atoms with van der Waals surface area (Å²) < 4.78 is 6.64. The predicted octanol–water partition coefficient (Wildman–Crippen LogP) is 5.30. The molecule has 0 unspecified atom stereocenters. The second-order valence-corrected chi connectivity index (χ2v) is 7.25. The Morgan fingerprint density at radius 2 is 2.00 bits per heavy atom. The minimum absolute atomic E-state index is 0.168. The first-order valence-corrected chi connectivity index (χ1v) is 9.53. The molecule has 0 aliphatic rings. The number of rotatable bonds is 6. The number of carbonyl (C=O) groups excluding carboxylic acids is 1. The molecule has 2 heterocycles. The Morgan fingerprint density at radius 3 is 2.68 bits per heavy atom. The molecule has 0 saturated carbocycles. The van der Waals surface area contributed by atoms with Gasteiger partial charge in [-0.25, -0.2) is 4.98 Å². The van der Waals surface area contributed by atoms with Crippen molar-refractivity contribution in [1.82, 2.24) is 4.98 Å². The van der Waals surface area contributed by atoms with E-state index < -0.39 is 0 Å². The van der Waals surface area contributed by atoms with Crippen molar-refractivity contribution in [3.05, 3.63) is 74.5 Å². The van der Waals surface area contributed by atoms with Crippen molar-refractivity contribution in [3.63, 3.8) is 0 Å². The first kappa shape index (κ1) is 17.6. The van der Waals surface area contributed by atoms with Gasteiger partial charge in [0.05, 0.1) is 4.88 Å². The molecule has 1 aromatic carbocycles. The van der Waals surface area contributed by atoms with E-state index in [1.807, 2.05) is 29.6 Å². The number of nitrogens with zero attached hydrogens (tertiary/aromatic N) is 1. The molecule has 0 bridgehead atoms. The zero-order valence-corrected chi connectivity index (χ0v) is 16.1. The molecule has 0 atom stereocenters. The van der Waals surface area contributed by atoms with Gasteiger partial charge in [0, 0.05) is 16.2 Å². The van der Waals surface area contributed by atoms with Gasteiger partial charge in [0.15, 0.2) is 0 Å². The molecule has 0 fully saturated rings. The summed E-state index contributed by atoms with van der Waals surface area (Å²) >= 11 is 4.71. The minimum Gasteiger partial charge on any atom is -0.489 e. The van der Waals surface area contributed by atoms with Gasteiger partial charge in [-0.2, -0.15) is 0 Å². The van der Waals surface area contributed by atoms with Gasteiger partial charge in [-0.1, -0.05) is 19.1 Å². The molecule has 0 aliphatic carbocycles. The standard InChI is InChI=1S/C19H17BrN2O2S/c1-2-13-3-6-16(7-4-13)24-11-14-9-17(25-12-14)19(23)22-18-8-5-15(20)10-21-18/h3-10,12H,2,11H2,1H3,(H,21,22,23). The number of halogens is 1. The number of thiophene rings is 1. The third kappa shape index (κ3) is 4.90. The Bertz CT molecular complexity index is 845. The predicted molar refractivity (Wildman–Crippen MR) is 104 cm³/mol. The Hall–Kier alpha value is -2.18. The van der Waals surface area contributed by atoms with Crippen LogP contribution >= 0.6 is 27.3 Å². The van der Waals surface area contributed by atoms with E-state index in [-0.39, 0.29) is 5.91 Å². The summed E-state index contributed by atoms with van der Waals surface area (Å²) in [5.74, 6) is 1.18. The Morgan fingerprint density at radius 1 is 1.20 bits per heavy atom. The number of hydrogen-bond acceptors (Lipinski definition) is 4. The van der Waals surface area contributed by atoms with Crippen molar-refractivity contribution < 1.29 is 9.53 Å². The summed E-state index contributed by atoms with van der Waals surface area (Å²) in [6, 6.07) is 13.5. The Kier molecular flexibility index (Phi) is 5.83. The van der Waals surface area contributed by atoms with Crippen LogP contribution in [0.5, 0.6) is 5.75 Å². The average Bonchev–Trinajstić information content (AvgIpc) is 3.11. The number of ether oxygens (including phenoxy) is 1. The van der Waals surface area contributed by atoms with Gasteiger partial charge in [-0.15, -0.1) is 11.3 Å². The molecule has 4 nitrogen and oxygen atoms in total. The molecule has 128 valence electrons. The van der Waals surface area contributed by atoms with E-state index in [0.717, 1.165) is 22.2 Å². The van der Waals surface area contributed by atoms with Crippen molar-refractivity contribution in [1.29, 1.82) is 0 Å². The van der Waals surface area contributed by atoms with Crippen LogP contribution < -0.4 is 10.1 Å². The summed E-state index contributed by atoms with van der Waals surface area (Å²) in [4.78, 5) is 17.0. The quantitative estimate of drug-likeness (QED) is 0.592. The summed E-state index contributed by atoms with van der Waals surface area (Å²) in [5, 5.41) is 4.72. The highest BCUT2D eigenvalue weighted by Crippen LogP contribution is 2.20. The maximum Gasteiger partial charge on any atom is 0.266 e. The summed E-state index contributed by atoms with van der Waals surface area (Å²) in [6.45, 7) is 2.56. The molecular weight excluding hydrogens is 400 g/mol. The second-order valence-electron chi connectivity index (χ2n) is 5.42. The number of hydrogen-bond donors (Lipinski definition) is 1. The van der Waals surface area contributed by atoms with Crippen LogP contribution in [0.4, 0.5) is 5.82 Å². The summed E-state index contributed by atoms with van der Waals surface area (Å²) in [6.07, 6.45) is 2.66. The van der Waals surface area contributed by atoms with Gasteiger partial charge < -0.3 is 10.1 Å². The fraction of sp³-hybridized carbons (Fsp3) is 0.158. The fourth-order valence-corrected chi connectivity index (χ4v) is 3.21. The zero-order chi connectivity index (χ0) is 17.6. The molecule has 0 aliphatic heterocycles. The summed E-state index contributed by atoms with van der Waals surface area (Å²) in [7, 11) is 0. The van der Waals surface area contributed by atoms with Crippen molar-refractivity contribution in [2.45, 2.75) is 20.0 Å². The zero-order valence-electron chi connectivity index (χ0n) is 13.7. The molecule has 25 heavy (non-hydrogen) atoms. The van der Waals surface area contributed by atoms with Crippen LogP contribution in [0.3, 0.4) is 0 Å². The van der Waals surface area contributed by atoms with Gasteiger partial charge in [-0.05, 0) is 63.6 Å². The first-order valence-electron chi connectivity index (χ1n) is 7.86. The van der Waals surface area contributed by atoms with Crippen molar-refractivity contribution in [2.24, 2.45) is 0 Å². The van der Waals surface area contributed by atoms with Crippen LogP contribution in [0.25, 0.3) is 0 Å². The molecule has 0 radical (unpaired) electrons.